The summed E-state index contributed by atoms with van der Waals surface area (Å²) < 4.78 is 0. The molecule has 2 aliphatic carbocycles. The first-order valence-corrected chi connectivity index (χ1v) is 25.5. The average Bonchev–Trinajstić information content (AvgIpc) is 3.91. The van der Waals surface area contributed by atoms with E-state index in [0.717, 1.165) is 17.5 Å². The van der Waals surface area contributed by atoms with Gasteiger partial charge in [-0.2, -0.15) is 0 Å². The minimum absolute atomic E-state index is 0. The summed E-state index contributed by atoms with van der Waals surface area (Å²) in [6.07, 6.45) is 6.79. The monoisotopic (exact) mass is 860 g/mol. The third kappa shape index (κ3) is 11.1. The van der Waals surface area contributed by atoms with Crippen molar-refractivity contribution < 1.29 is 17.1 Å². The van der Waals surface area contributed by atoms with Crippen LogP contribution in [0.2, 0.25) is 0 Å². The van der Waals surface area contributed by atoms with Crippen LogP contribution in [-0.2, 0) is 17.1 Å². The van der Waals surface area contributed by atoms with E-state index in [0.29, 0.717) is 22.1 Å². The molecule has 4 unspecified atom stereocenters. The molecule has 4 atom stereocenters. The van der Waals surface area contributed by atoms with Gasteiger partial charge in [-0.1, -0.05) is 224 Å². The van der Waals surface area contributed by atoms with Crippen molar-refractivity contribution in [1.82, 2.24) is 0 Å². The van der Waals surface area contributed by atoms with Gasteiger partial charge in [0.05, 0.1) is 0 Å². The molecule has 0 nitrogen and oxygen atoms in total. The van der Waals surface area contributed by atoms with Crippen LogP contribution in [0.5, 0.6) is 0 Å². The van der Waals surface area contributed by atoms with Gasteiger partial charge in [-0.15, -0.1) is 0 Å². The molecule has 0 spiro atoms. The molecule has 2 saturated carbocycles. The van der Waals surface area contributed by atoms with Crippen molar-refractivity contribution >= 4 is 55.6 Å². The molecule has 6 aromatic carbocycles. The second-order valence-electron chi connectivity index (χ2n) is 18.3. The van der Waals surface area contributed by atoms with Gasteiger partial charge >= 0.3 is 0 Å². The van der Waals surface area contributed by atoms with Gasteiger partial charge in [0.25, 0.3) is 0 Å². The Morgan fingerprint density at radius 1 is 0.328 bits per heavy atom. The van der Waals surface area contributed by atoms with E-state index in [9.17, 15) is 0 Å². The van der Waals surface area contributed by atoms with Crippen LogP contribution in [0.4, 0.5) is 0 Å². The molecule has 0 N–H and O–H groups in total. The average molecular weight is 861 g/mol. The van der Waals surface area contributed by atoms with Crippen LogP contribution in [0.25, 0.3) is 0 Å². The Labute approximate surface area is 365 Å². The van der Waals surface area contributed by atoms with Crippen LogP contribution in [0, 0.1) is 22.7 Å². The molecule has 4 heteroatoms. The quantitative estimate of drug-likeness (QED) is 0.100. The molecular weight excluding hydrogens is 797 g/mol. The van der Waals surface area contributed by atoms with Gasteiger partial charge in [-0.25, -0.2) is 0 Å². The Hall–Kier alpha value is -2.87. The Bertz CT molecular complexity index is 1850. The van der Waals surface area contributed by atoms with Gasteiger partial charge in [0.1, 0.15) is 0 Å². The van der Waals surface area contributed by atoms with Crippen LogP contribution in [-0.4, -0.2) is 17.0 Å². The number of benzene rings is 6. The zero-order valence-electron chi connectivity index (χ0n) is 35.4. The molecule has 2 fully saturated rings. The summed E-state index contributed by atoms with van der Waals surface area (Å²) in [6.45, 7) is 14.6. The topological polar surface area (TPSA) is 0 Å². The van der Waals surface area contributed by atoms with Crippen LogP contribution >= 0.6 is 23.8 Å². The van der Waals surface area contributed by atoms with Gasteiger partial charge in [0, 0.05) is 17.1 Å². The molecule has 0 bridgehead atoms. The summed E-state index contributed by atoms with van der Waals surface area (Å²) in [5, 5.41) is 9.18. The van der Waals surface area contributed by atoms with Crippen LogP contribution in [0.1, 0.15) is 73.6 Å². The second kappa shape index (κ2) is 20.6. The fourth-order valence-corrected chi connectivity index (χ4v) is 19.2. The minimum Gasteiger partial charge on any atom is -0.0622 e. The van der Waals surface area contributed by atoms with Gasteiger partial charge in [0.15, 0.2) is 0 Å². The Morgan fingerprint density at radius 2 is 0.586 bits per heavy atom. The van der Waals surface area contributed by atoms with E-state index in [-0.39, 0.29) is 25.0 Å². The molecule has 8 rings (SSSR count). The van der Waals surface area contributed by atoms with Crippen molar-refractivity contribution in [1.29, 1.82) is 0 Å². The van der Waals surface area contributed by atoms with E-state index in [1.54, 1.807) is 10.6 Å². The molecular formula is C54H63FeP3. The van der Waals surface area contributed by atoms with Crippen LogP contribution in [0.3, 0.4) is 0 Å². The van der Waals surface area contributed by atoms with Crippen LogP contribution in [0.15, 0.2) is 182 Å². The maximum Gasteiger partial charge on any atom is 0 e. The minimum atomic E-state index is -0.462. The predicted octanol–water partition coefficient (Wildman–Crippen LogP) is 12.8. The molecule has 0 heterocycles. The van der Waals surface area contributed by atoms with Crippen molar-refractivity contribution in [3.8, 4) is 0 Å². The Morgan fingerprint density at radius 3 is 0.828 bits per heavy atom. The van der Waals surface area contributed by atoms with Gasteiger partial charge in [-0.3, -0.25) is 0 Å². The molecule has 0 aromatic heterocycles. The van der Waals surface area contributed by atoms with E-state index < -0.39 is 15.8 Å². The Kier molecular flexibility index (Phi) is 15.9. The van der Waals surface area contributed by atoms with Gasteiger partial charge in [-0.05, 0) is 127 Å². The van der Waals surface area contributed by atoms with Gasteiger partial charge < -0.3 is 0 Å². The molecule has 302 valence electrons. The van der Waals surface area contributed by atoms with Crippen molar-refractivity contribution in [3.05, 3.63) is 182 Å². The molecule has 2 aliphatic rings. The Balaban J connectivity index is 0.000000213. The maximum atomic E-state index is 2.46. The van der Waals surface area contributed by atoms with Gasteiger partial charge in [0.2, 0.25) is 0 Å². The summed E-state index contributed by atoms with van der Waals surface area (Å²) in [5.74, 6) is 1.60. The smallest absolute Gasteiger partial charge is 0 e. The number of hydrogen-bond acceptors (Lipinski definition) is 0. The first-order chi connectivity index (χ1) is 27.6. The van der Waals surface area contributed by atoms with Crippen molar-refractivity contribution in [3.63, 3.8) is 0 Å². The standard InChI is InChI=1S/C33H36P2.C21H27P.Fe/c1-33(2,3)26-24-31(34(27-16-8-4-9-17-27)28-18-10-5-11-19-28)32(25-26)35(29-20-12-6-13-21-29)30-22-14-7-15-23-30;1-21(2,3)17-14-15-20(16-17)22(18-10-6-4-7-11-18)19-12-8-5-9-13-19;/h4-23,26,31-32H,24-25H2,1-3H3;4-13,17,20H,14-16H2,1-3H3;. The van der Waals surface area contributed by atoms with E-state index in [4.69, 9.17) is 0 Å². The maximum absolute atomic E-state index is 2.46. The van der Waals surface area contributed by atoms with Crippen molar-refractivity contribution in [2.45, 2.75) is 90.6 Å². The van der Waals surface area contributed by atoms with E-state index >= 15 is 0 Å². The third-order valence-electron chi connectivity index (χ3n) is 12.6. The zero-order valence-corrected chi connectivity index (χ0v) is 39.2. The van der Waals surface area contributed by atoms with Crippen LogP contribution < -0.4 is 31.8 Å². The third-order valence-corrected chi connectivity index (χ3v) is 21.6. The molecule has 0 aliphatic heterocycles. The largest absolute Gasteiger partial charge is 0.0622 e. The first kappa shape index (κ1) is 44.7. The van der Waals surface area contributed by atoms with Crippen molar-refractivity contribution in [2.75, 3.05) is 0 Å². The zero-order chi connectivity index (χ0) is 39.8. The summed E-state index contributed by atoms with van der Waals surface area (Å²) in [5.41, 5.74) is 2.92. The summed E-state index contributed by atoms with van der Waals surface area (Å²) >= 11 is 0. The van der Waals surface area contributed by atoms with E-state index in [1.165, 1.54) is 53.3 Å². The molecule has 0 radical (unpaired) electrons. The molecule has 6 aromatic rings. The van der Waals surface area contributed by atoms with E-state index in [2.05, 4.69) is 224 Å². The first-order valence-electron chi connectivity index (χ1n) is 21.3. The summed E-state index contributed by atoms with van der Waals surface area (Å²) in [7, 11) is -1.15. The molecule has 0 saturated heterocycles. The molecule has 0 amide bonds. The van der Waals surface area contributed by atoms with E-state index in [1.807, 2.05) is 0 Å². The number of rotatable bonds is 9. The fraction of sp³-hybridized carbons (Fsp3) is 0.333. The number of hydrogen-bond donors (Lipinski definition) is 0. The van der Waals surface area contributed by atoms with Crippen molar-refractivity contribution in [2.24, 2.45) is 22.7 Å². The fourth-order valence-electron chi connectivity index (χ4n) is 9.40. The molecule has 58 heavy (non-hydrogen) atoms. The summed E-state index contributed by atoms with van der Waals surface area (Å²) in [6, 6.07) is 68.0. The summed E-state index contributed by atoms with van der Waals surface area (Å²) in [4.78, 5) is 0. The normalized spacial score (nSPS) is 20.7. The SMILES string of the molecule is CC(C)(C)C1CC(P(c2ccccc2)c2ccccc2)C(P(c2ccccc2)c2ccccc2)C1.CC(C)(C)C1CCC(P(c2ccccc2)c2ccccc2)C1.[Fe]. The predicted molar refractivity (Wildman–Crippen MR) is 258 cm³/mol. The second-order valence-corrected chi connectivity index (χ2v) is 25.7.